The van der Waals surface area contributed by atoms with E-state index in [4.69, 9.17) is 0 Å². The highest BCUT2D eigenvalue weighted by molar-refractivity contribution is 5.22. The molecule has 0 aliphatic heterocycles. The Balaban J connectivity index is 2.02. The molecule has 1 nitrogen and oxygen atoms in total. The predicted molar refractivity (Wildman–Crippen MR) is 88.0 cm³/mol. The zero-order valence-corrected chi connectivity index (χ0v) is 13.5. The minimum absolute atomic E-state index is 0.870. The van der Waals surface area contributed by atoms with Gasteiger partial charge in [0, 0.05) is 0 Å². The molecule has 112 valence electrons. The highest BCUT2D eigenvalue weighted by Crippen LogP contribution is 2.37. The van der Waals surface area contributed by atoms with Gasteiger partial charge >= 0.3 is 0 Å². The Morgan fingerprint density at radius 2 is 2.00 bits per heavy atom. The zero-order valence-electron chi connectivity index (χ0n) is 13.5. The van der Waals surface area contributed by atoms with Crippen molar-refractivity contribution in [1.82, 2.24) is 5.32 Å². The van der Waals surface area contributed by atoms with E-state index in [0.29, 0.717) is 0 Å². The molecule has 0 bridgehead atoms. The SMILES string of the molecule is CCNCC1CCC(CC)CC1Cc1cccc(C)c1. The van der Waals surface area contributed by atoms with Crippen molar-refractivity contribution in [3.8, 4) is 0 Å². The maximum absolute atomic E-state index is 3.58. The van der Waals surface area contributed by atoms with Crippen LogP contribution in [0, 0.1) is 24.7 Å². The number of benzene rings is 1. The van der Waals surface area contributed by atoms with Gasteiger partial charge in [-0.2, -0.15) is 0 Å². The van der Waals surface area contributed by atoms with Crippen LogP contribution in [-0.2, 0) is 6.42 Å². The largest absolute Gasteiger partial charge is 0.317 e. The van der Waals surface area contributed by atoms with E-state index < -0.39 is 0 Å². The van der Waals surface area contributed by atoms with Crippen LogP contribution in [0.4, 0.5) is 0 Å². The number of nitrogens with one attached hydrogen (secondary N) is 1. The Kier molecular flexibility index (Phi) is 6.09. The molecular formula is C19H31N. The summed E-state index contributed by atoms with van der Waals surface area (Å²) in [6.07, 6.45) is 6.92. The lowest BCUT2D eigenvalue weighted by atomic mass is 9.71. The Bertz CT molecular complexity index is 399. The van der Waals surface area contributed by atoms with Crippen LogP contribution in [0.25, 0.3) is 0 Å². The van der Waals surface area contributed by atoms with Gasteiger partial charge in [-0.1, -0.05) is 56.5 Å². The van der Waals surface area contributed by atoms with Crippen LogP contribution in [0.2, 0.25) is 0 Å². The molecule has 0 spiro atoms. The third-order valence-corrected chi connectivity index (χ3v) is 5.06. The van der Waals surface area contributed by atoms with E-state index in [-0.39, 0.29) is 0 Å². The van der Waals surface area contributed by atoms with Gasteiger partial charge in [-0.15, -0.1) is 0 Å². The first-order valence-electron chi connectivity index (χ1n) is 8.49. The number of aryl methyl sites for hydroxylation is 1. The fraction of sp³-hybridized carbons (Fsp3) is 0.684. The molecule has 0 saturated heterocycles. The van der Waals surface area contributed by atoms with Crippen LogP contribution < -0.4 is 5.32 Å². The molecule has 1 saturated carbocycles. The van der Waals surface area contributed by atoms with Gasteiger partial charge in [0.25, 0.3) is 0 Å². The van der Waals surface area contributed by atoms with Crippen molar-refractivity contribution >= 4 is 0 Å². The highest BCUT2D eigenvalue weighted by atomic mass is 14.8. The smallest absolute Gasteiger partial charge is 0.00179 e. The molecular weight excluding hydrogens is 242 g/mol. The second-order valence-corrected chi connectivity index (χ2v) is 6.61. The van der Waals surface area contributed by atoms with Crippen molar-refractivity contribution in [1.29, 1.82) is 0 Å². The molecule has 0 aromatic heterocycles. The molecule has 1 fully saturated rings. The fourth-order valence-corrected chi connectivity index (χ4v) is 3.79. The fourth-order valence-electron chi connectivity index (χ4n) is 3.79. The molecule has 1 heteroatoms. The molecule has 1 N–H and O–H groups in total. The van der Waals surface area contributed by atoms with E-state index in [9.17, 15) is 0 Å². The molecule has 3 unspecified atom stereocenters. The lowest BCUT2D eigenvalue weighted by molar-refractivity contribution is 0.172. The second-order valence-electron chi connectivity index (χ2n) is 6.61. The molecule has 3 atom stereocenters. The topological polar surface area (TPSA) is 12.0 Å². The Morgan fingerprint density at radius 3 is 2.70 bits per heavy atom. The zero-order chi connectivity index (χ0) is 14.4. The molecule has 0 heterocycles. The van der Waals surface area contributed by atoms with Gasteiger partial charge in [-0.05, 0) is 62.6 Å². The summed E-state index contributed by atoms with van der Waals surface area (Å²) in [5.41, 5.74) is 2.93. The van der Waals surface area contributed by atoms with Gasteiger partial charge in [0.1, 0.15) is 0 Å². The Labute approximate surface area is 125 Å². The predicted octanol–water partition coefficient (Wildman–Crippen LogP) is 4.59. The summed E-state index contributed by atoms with van der Waals surface area (Å²) < 4.78 is 0. The van der Waals surface area contributed by atoms with Crippen LogP contribution in [-0.4, -0.2) is 13.1 Å². The van der Waals surface area contributed by atoms with Gasteiger partial charge in [0.2, 0.25) is 0 Å². The van der Waals surface area contributed by atoms with E-state index in [0.717, 1.165) is 24.3 Å². The molecule has 1 aliphatic carbocycles. The molecule has 20 heavy (non-hydrogen) atoms. The first-order chi connectivity index (χ1) is 9.72. The minimum Gasteiger partial charge on any atom is -0.317 e. The van der Waals surface area contributed by atoms with Gasteiger partial charge in [0.05, 0.1) is 0 Å². The quantitative estimate of drug-likeness (QED) is 0.799. The second kappa shape index (κ2) is 7.83. The highest BCUT2D eigenvalue weighted by Gasteiger charge is 2.29. The maximum atomic E-state index is 3.58. The van der Waals surface area contributed by atoms with Crippen molar-refractivity contribution in [2.45, 2.75) is 52.9 Å². The molecule has 1 aliphatic rings. The number of rotatable bonds is 6. The third-order valence-electron chi connectivity index (χ3n) is 5.06. The summed E-state index contributed by atoms with van der Waals surface area (Å²) in [5, 5.41) is 3.58. The van der Waals surface area contributed by atoms with Gasteiger partial charge in [-0.3, -0.25) is 0 Å². The summed E-state index contributed by atoms with van der Waals surface area (Å²) in [6, 6.07) is 9.10. The average molecular weight is 273 g/mol. The molecule has 1 aromatic rings. The van der Waals surface area contributed by atoms with E-state index in [1.807, 2.05) is 0 Å². The van der Waals surface area contributed by atoms with E-state index in [1.165, 1.54) is 49.8 Å². The van der Waals surface area contributed by atoms with Crippen molar-refractivity contribution in [2.24, 2.45) is 17.8 Å². The van der Waals surface area contributed by atoms with Gasteiger partial charge in [0.15, 0.2) is 0 Å². The van der Waals surface area contributed by atoms with Crippen molar-refractivity contribution in [2.75, 3.05) is 13.1 Å². The van der Waals surface area contributed by atoms with Crippen LogP contribution in [0.1, 0.15) is 50.7 Å². The molecule has 0 radical (unpaired) electrons. The molecule has 1 aromatic carbocycles. The van der Waals surface area contributed by atoms with E-state index in [2.05, 4.69) is 50.4 Å². The Morgan fingerprint density at radius 1 is 1.15 bits per heavy atom. The third kappa shape index (κ3) is 4.34. The summed E-state index contributed by atoms with van der Waals surface area (Å²) in [7, 11) is 0. The van der Waals surface area contributed by atoms with Crippen molar-refractivity contribution in [3.05, 3.63) is 35.4 Å². The average Bonchev–Trinajstić information content (AvgIpc) is 2.46. The van der Waals surface area contributed by atoms with Gasteiger partial charge in [-0.25, -0.2) is 0 Å². The Hall–Kier alpha value is -0.820. The first-order valence-corrected chi connectivity index (χ1v) is 8.49. The van der Waals surface area contributed by atoms with Crippen molar-refractivity contribution < 1.29 is 0 Å². The van der Waals surface area contributed by atoms with E-state index >= 15 is 0 Å². The minimum atomic E-state index is 0.870. The number of hydrogen-bond donors (Lipinski definition) is 1. The van der Waals surface area contributed by atoms with Crippen LogP contribution in [0.15, 0.2) is 24.3 Å². The lowest BCUT2D eigenvalue weighted by Gasteiger charge is -2.36. The normalized spacial score (nSPS) is 26.6. The summed E-state index contributed by atoms with van der Waals surface area (Å²) in [5.74, 6) is 2.70. The van der Waals surface area contributed by atoms with Crippen LogP contribution in [0.5, 0.6) is 0 Å². The van der Waals surface area contributed by atoms with Crippen molar-refractivity contribution in [3.63, 3.8) is 0 Å². The molecule has 2 rings (SSSR count). The monoisotopic (exact) mass is 273 g/mol. The standard InChI is InChI=1S/C19H31N/c1-4-16-9-10-18(14-20-5-2)19(12-16)13-17-8-6-7-15(3)11-17/h6-8,11,16,18-20H,4-5,9-10,12-14H2,1-3H3. The first kappa shape index (κ1) is 15.6. The van der Waals surface area contributed by atoms with E-state index in [1.54, 1.807) is 0 Å². The maximum Gasteiger partial charge on any atom is -0.00179 e. The van der Waals surface area contributed by atoms with Crippen LogP contribution >= 0.6 is 0 Å². The van der Waals surface area contributed by atoms with Gasteiger partial charge < -0.3 is 5.32 Å². The van der Waals surface area contributed by atoms with Crippen LogP contribution in [0.3, 0.4) is 0 Å². The summed E-state index contributed by atoms with van der Waals surface area (Å²) in [6.45, 7) is 9.09. The molecule has 0 amide bonds. The summed E-state index contributed by atoms with van der Waals surface area (Å²) >= 11 is 0. The number of hydrogen-bond acceptors (Lipinski definition) is 1. The lowest BCUT2D eigenvalue weighted by Crippen LogP contribution is -2.34. The summed E-state index contributed by atoms with van der Waals surface area (Å²) in [4.78, 5) is 0.